The van der Waals surface area contributed by atoms with Crippen LogP contribution in [0.5, 0.6) is 0 Å². The number of ketones is 1. The van der Waals surface area contributed by atoms with E-state index in [-0.39, 0.29) is 18.2 Å². The lowest BCUT2D eigenvalue weighted by atomic mass is 10.1. The molecule has 0 aliphatic rings. The lowest BCUT2D eigenvalue weighted by molar-refractivity contribution is 0.0946. The average Bonchev–Trinajstić information content (AvgIpc) is 2.91. The van der Waals surface area contributed by atoms with Crippen molar-refractivity contribution in [1.29, 1.82) is 0 Å². The summed E-state index contributed by atoms with van der Waals surface area (Å²) in [7, 11) is 0. The van der Waals surface area contributed by atoms with E-state index in [2.05, 4.69) is 20.5 Å². The van der Waals surface area contributed by atoms with Gasteiger partial charge in [-0.2, -0.15) is 0 Å². The summed E-state index contributed by atoms with van der Waals surface area (Å²) in [5.74, 6) is 0.410. The second kappa shape index (κ2) is 5.28. The Labute approximate surface area is 115 Å². The van der Waals surface area contributed by atoms with Crippen LogP contribution in [-0.4, -0.2) is 26.9 Å². The van der Waals surface area contributed by atoms with Crippen molar-refractivity contribution in [2.24, 2.45) is 0 Å². The molecular weight excluding hydrogens is 260 g/mol. The second-order valence-electron chi connectivity index (χ2n) is 4.58. The van der Waals surface area contributed by atoms with Crippen molar-refractivity contribution in [3.63, 3.8) is 0 Å². The van der Waals surface area contributed by atoms with Crippen LogP contribution in [0.2, 0.25) is 0 Å². The molecule has 0 fully saturated rings. The fourth-order valence-electron chi connectivity index (χ4n) is 2.10. The van der Waals surface area contributed by atoms with Crippen molar-refractivity contribution >= 4 is 11.7 Å². The second-order valence-corrected chi connectivity index (χ2v) is 4.58. The molecule has 2 rings (SSSR count). The van der Waals surface area contributed by atoms with Gasteiger partial charge >= 0.3 is 0 Å². The molecule has 7 heteroatoms. The summed E-state index contributed by atoms with van der Waals surface area (Å²) < 4.78 is 5.17. The van der Waals surface area contributed by atoms with Gasteiger partial charge in [-0.3, -0.25) is 9.59 Å². The van der Waals surface area contributed by atoms with Crippen molar-refractivity contribution < 1.29 is 14.0 Å². The molecule has 20 heavy (non-hydrogen) atoms. The molecule has 2 N–H and O–H groups in total. The van der Waals surface area contributed by atoms with E-state index < -0.39 is 0 Å². The first-order valence-corrected chi connectivity index (χ1v) is 6.17. The number of nitrogens with one attached hydrogen (secondary N) is 2. The molecule has 0 bridgehead atoms. The van der Waals surface area contributed by atoms with E-state index in [1.807, 2.05) is 0 Å². The van der Waals surface area contributed by atoms with Crippen LogP contribution in [0.15, 0.2) is 4.42 Å². The summed E-state index contributed by atoms with van der Waals surface area (Å²) in [6.07, 6.45) is 0. The molecule has 0 aliphatic heterocycles. The predicted octanol–water partition coefficient (Wildman–Crippen LogP) is 1.46. The molecule has 0 atom stereocenters. The Balaban J connectivity index is 2.15. The number of aromatic nitrogens is 3. The van der Waals surface area contributed by atoms with Gasteiger partial charge in [-0.05, 0) is 19.4 Å². The number of aryl methyl sites for hydroxylation is 2. The third kappa shape index (κ3) is 2.61. The minimum atomic E-state index is -0.278. The van der Waals surface area contributed by atoms with Crippen molar-refractivity contribution in [2.45, 2.75) is 34.2 Å². The highest BCUT2D eigenvalue weighted by Crippen LogP contribution is 2.18. The van der Waals surface area contributed by atoms with Crippen LogP contribution < -0.4 is 5.32 Å². The van der Waals surface area contributed by atoms with Crippen molar-refractivity contribution in [1.82, 2.24) is 20.5 Å². The van der Waals surface area contributed by atoms with Gasteiger partial charge in [0.1, 0.15) is 0 Å². The number of hydrogen-bond donors (Lipinski definition) is 2. The quantitative estimate of drug-likeness (QED) is 0.823. The Kier molecular flexibility index (Phi) is 3.69. The first-order chi connectivity index (χ1) is 9.40. The molecule has 106 valence electrons. The van der Waals surface area contributed by atoms with Gasteiger partial charge < -0.3 is 14.7 Å². The first kappa shape index (κ1) is 14.0. The number of Topliss-reactive ketones (excluding diaryl/α,β-unsaturated/α-hetero) is 1. The number of H-pyrrole nitrogens is 1. The molecule has 2 heterocycles. The molecule has 0 spiro atoms. The van der Waals surface area contributed by atoms with Crippen LogP contribution in [0.25, 0.3) is 0 Å². The standard InChI is InChI=1S/C13H16N4O3/c1-6-11(7(2)15-12(6)8(3)18)13(19)14-5-10-17-16-9(4)20-10/h15H,5H2,1-4H3,(H,14,19). The van der Waals surface area contributed by atoms with E-state index in [9.17, 15) is 9.59 Å². The largest absolute Gasteiger partial charge is 0.424 e. The van der Waals surface area contributed by atoms with Gasteiger partial charge in [0.15, 0.2) is 5.78 Å². The number of carbonyl (C=O) groups is 2. The predicted molar refractivity (Wildman–Crippen MR) is 70.5 cm³/mol. The summed E-state index contributed by atoms with van der Waals surface area (Å²) >= 11 is 0. The van der Waals surface area contributed by atoms with Gasteiger partial charge in [0.2, 0.25) is 11.8 Å². The lowest BCUT2D eigenvalue weighted by Crippen LogP contribution is -2.24. The lowest BCUT2D eigenvalue weighted by Gasteiger charge is -2.03. The first-order valence-electron chi connectivity index (χ1n) is 6.17. The minimum Gasteiger partial charge on any atom is -0.424 e. The molecule has 0 radical (unpaired) electrons. The zero-order valence-corrected chi connectivity index (χ0v) is 11.8. The van der Waals surface area contributed by atoms with Gasteiger partial charge in [-0.15, -0.1) is 10.2 Å². The number of aromatic amines is 1. The highest BCUT2D eigenvalue weighted by atomic mass is 16.4. The number of nitrogens with zero attached hydrogens (tertiary/aromatic N) is 2. The molecule has 7 nitrogen and oxygen atoms in total. The molecule has 0 unspecified atom stereocenters. The number of rotatable bonds is 4. The molecular formula is C13H16N4O3. The van der Waals surface area contributed by atoms with E-state index in [0.29, 0.717) is 34.3 Å². The highest BCUT2D eigenvalue weighted by Gasteiger charge is 2.20. The molecule has 0 saturated heterocycles. The zero-order valence-electron chi connectivity index (χ0n) is 11.8. The van der Waals surface area contributed by atoms with Gasteiger partial charge in [0.25, 0.3) is 5.91 Å². The SMILES string of the molecule is CC(=O)c1[nH]c(C)c(C(=O)NCc2nnc(C)o2)c1C. The minimum absolute atomic E-state index is 0.0998. The van der Waals surface area contributed by atoms with Crippen LogP contribution in [0.1, 0.15) is 50.8 Å². The van der Waals surface area contributed by atoms with Crippen LogP contribution in [0, 0.1) is 20.8 Å². The summed E-state index contributed by atoms with van der Waals surface area (Å²) in [6, 6.07) is 0. The third-order valence-electron chi connectivity index (χ3n) is 2.98. The number of amides is 1. The van der Waals surface area contributed by atoms with Crippen molar-refractivity contribution in [2.75, 3.05) is 0 Å². The van der Waals surface area contributed by atoms with E-state index in [1.54, 1.807) is 20.8 Å². The maximum Gasteiger partial charge on any atom is 0.253 e. The Morgan fingerprint density at radius 1 is 1.25 bits per heavy atom. The van der Waals surface area contributed by atoms with E-state index >= 15 is 0 Å². The zero-order chi connectivity index (χ0) is 14.9. The number of carbonyl (C=O) groups excluding carboxylic acids is 2. The van der Waals surface area contributed by atoms with Gasteiger partial charge in [-0.25, -0.2) is 0 Å². The Bertz CT molecular complexity index is 669. The summed E-state index contributed by atoms with van der Waals surface area (Å²) in [5, 5.41) is 10.2. The molecule has 0 aromatic carbocycles. The Hall–Kier alpha value is -2.44. The molecule has 1 amide bonds. The van der Waals surface area contributed by atoms with Crippen LogP contribution in [0.4, 0.5) is 0 Å². The molecule has 0 saturated carbocycles. The maximum absolute atomic E-state index is 12.2. The molecule has 2 aromatic heterocycles. The fraction of sp³-hybridized carbons (Fsp3) is 0.385. The van der Waals surface area contributed by atoms with E-state index in [4.69, 9.17) is 4.42 Å². The van der Waals surface area contributed by atoms with Crippen LogP contribution in [0.3, 0.4) is 0 Å². The van der Waals surface area contributed by atoms with Gasteiger partial charge in [0, 0.05) is 19.5 Å². The van der Waals surface area contributed by atoms with Crippen LogP contribution in [-0.2, 0) is 6.54 Å². The van der Waals surface area contributed by atoms with Gasteiger partial charge in [0.05, 0.1) is 17.8 Å². The van der Waals surface area contributed by atoms with E-state index in [1.165, 1.54) is 6.92 Å². The summed E-state index contributed by atoms with van der Waals surface area (Å²) in [6.45, 7) is 6.79. The van der Waals surface area contributed by atoms with Crippen LogP contribution >= 0.6 is 0 Å². The fourth-order valence-corrected chi connectivity index (χ4v) is 2.10. The monoisotopic (exact) mass is 276 g/mol. The Morgan fingerprint density at radius 3 is 2.45 bits per heavy atom. The normalized spacial score (nSPS) is 10.6. The molecule has 2 aromatic rings. The van der Waals surface area contributed by atoms with Crippen molar-refractivity contribution in [3.8, 4) is 0 Å². The summed E-state index contributed by atoms with van der Waals surface area (Å²) in [5.41, 5.74) is 2.24. The number of hydrogen-bond acceptors (Lipinski definition) is 5. The highest BCUT2D eigenvalue weighted by molar-refractivity contribution is 6.02. The van der Waals surface area contributed by atoms with E-state index in [0.717, 1.165) is 0 Å². The summed E-state index contributed by atoms with van der Waals surface area (Å²) in [4.78, 5) is 26.5. The Morgan fingerprint density at radius 2 is 1.95 bits per heavy atom. The molecule has 0 aliphatic carbocycles. The topological polar surface area (TPSA) is 101 Å². The smallest absolute Gasteiger partial charge is 0.253 e. The third-order valence-corrected chi connectivity index (χ3v) is 2.98. The van der Waals surface area contributed by atoms with Crippen molar-refractivity contribution in [3.05, 3.63) is 34.3 Å². The van der Waals surface area contributed by atoms with Gasteiger partial charge in [-0.1, -0.05) is 0 Å². The maximum atomic E-state index is 12.2. The average molecular weight is 276 g/mol.